The van der Waals surface area contributed by atoms with Gasteiger partial charge >= 0.3 is 6.18 Å². The van der Waals surface area contributed by atoms with Crippen molar-refractivity contribution < 1.29 is 18.0 Å². The normalized spacial score (nSPS) is 19.1. The summed E-state index contributed by atoms with van der Waals surface area (Å²) in [7, 11) is 0. The lowest BCUT2D eigenvalue weighted by molar-refractivity contribution is -0.186. The van der Waals surface area contributed by atoms with Gasteiger partial charge in [0.1, 0.15) is 6.04 Å². The third kappa shape index (κ3) is 3.34. The van der Waals surface area contributed by atoms with E-state index in [4.69, 9.17) is 0 Å². The minimum atomic E-state index is -4.16. The molecule has 1 saturated heterocycles. The van der Waals surface area contributed by atoms with Crippen LogP contribution in [0.4, 0.5) is 13.2 Å². The summed E-state index contributed by atoms with van der Waals surface area (Å²) in [6.07, 6.45) is -0.964. The van der Waals surface area contributed by atoms with Crippen molar-refractivity contribution in [1.82, 2.24) is 14.7 Å². The summed E-state index contributed by atoms with van der Waals surface area (Å²) in [6, 6.07) is -0.510. The van der Waals surface area contributed by atoms with Gasteiger partial charge in [0, 0.05) is 19.3 Å². The fourth-order valence-corrected chi connectivity index (χ4v) is 2.63. The Morgan fingerprint density at radius 2 is 2.05 bits per heavy atom. The molecule has 112 valence electrons. The molecule has 2 rings (SSSR count). The fourth-order valence-electron chi connectivity index (χ4n) is 2.33. The Bertz CT molecular complexity index is 481. The number of nitrogens with zero attached hydrogens (tertiary/aromatic N) is 3. The van der Waals surface area contributed by atoms with Crippen LogP contribution >= 0.6 is 15.9 Å². The summed E-state index contributed by atoms with van der Waals surface area (Å²) >= 11 is 3.24. The molecule has 1 aliphatic heterocycles. The lowest BCUT2D eigenvalue weighted by atomic mass is 9.96. The number of carbonyl (C=O) groups is 1. The smallest absolute Gasteiger partial charge is 0.341 e. The van der Waals surface area contributed by atoms with Crippen LogP contribution in [-0.4, -0.2) is 39.9 Å². The van der Waals surface area contributed by atoms with Crippen molar-refractivity contribution in [3.05, 3.63) is 16.9 Å². The van der Waals surface area contributed by atoms with E-state index in [1.807, 2.05) is 0 Å². The van der Waals surface area contributed by atoms with E-state index >= 15 is 0 Å². The number of alkyl halides is 3. The molecule has 8 heteroatoms. The molecule has 0 spiro atoms. The van der Waals surface area contributed by atoms with Crippen molar-refractivity contribution in [2.45, 2.75) is 32.0 Å². The molecule has 2 heterocycles. The summed E-state index contributed by atoms with van der Waals surface area (Å²) in [5.74, 6) is -1.48. The van der Waals surface area contributed by atoms with Crippen LogP contribution in [0.2, 0.25) is 0 Å². The summed E-state index contributed by atoms with van der Waals surface area (Å²) < 4.78 is 40.0. The Labute approximate surface area is 123 Å². The quantitative estimate of drug-likeness (QED) is 0.819. The maximum atomic E-state index is 12.6. The first kappa shape index (κ1) is 15.3. The van der Waals surface area contributed by atoms with E-state index in [0.29, 0.717) is 0 Å². The van der Waals surface area contributed by atoms with Gasteiger partial charge in [-0.25, -0.2) is 0 Å². The SMILES string of the molecule is CC(C(=O)N1CCC(C(F)(F)F)CC1)n1cc(Br)cn1. The highest BCUT2D eigenvalue weighted by Gasteiger charge is 2.42. The first-order chi connectivity index (χ1) is 9.29. The lowest BCUT2D eigenvalue weighted by Crippen LogP contribution is -2.44. The number of piperidine rings is 1. The van der Waals surface area contributed by atoms with Crippen LogP contribution in [0, 0.1) is 5.92 Å². The van der Waals surface area contributed by atoms with Gasteiger partial charge in [0.05, 0.1) is 16.6 Å². The van der Waals surface area contributed by atoms with E-state index in [9.17, 15) is 18.0 Å². The molecular formula is C12H15BrF3N3O. The van der Waals surface area contributed by atoms with Crippen molar-refractivity contribution in [2.24, 2.45) is 5.92 Å². The Morgan fingerprint density at radius 1 is 1.45 bits per heavy atom. The molecule has 1 aliphatic rings. The molecule has 0 radical (unpaired) electrons. The van der Waals surface area contributed by atoms with Crippen LogP contribution in [0.25, 0.3) is 0 Å². The van der Waals surface area contributed by atoms with Crippen LogP contribution in [0.1, 0.15) is 25.8 Å². The van der Waals surface area contributed by atoms with Gasteiger partial charge in [0.2, 0.25) is 5.91 Å². The molecule has 1 unspecified atom stereocenters. The Morgan fingerprint density at radius 3 is 2.50 bits per heavy atom. The number of amides is 1. The van der Waals surface area contributed by atoms with Gasteiger partial charge in [0.15, 0.2) is 0 Å². The van der Waals surface area contributed by atoms with Crippen molar-refractivity contribution in [1.29, 1.82) is 0 Å². The molecule has 4 nitrogen and oxygen atoms in total. The van der Waals surface area contributed by atoms with Gasteiger partial charge < -0.3 is 4.90 Å². The molecule has 1 aromatic heterocycles. The van der Waals surface area contributed by atoms with Crippen molar-refractivity contribution in [3.8, 4) is 0 Å². The third-order valence-corrected chi connectivity index (χ3v) is 4.00. The van der Waals surface area contributed by atoms with Gasteiger partial charge in [-0.2, -0.15) is 18.3 Å². The van der Waals surface area contributed by atoms with Crippen LogP contribution in [-0.2, 0) is 4.79 Å². The molecule has 0 bridgehead atoms. The molecule has 1 amide bonds. The number of hydrogen-bond donors (Lipinski definition) is 0. The number of hydrogen-bond acceptors (Lipinski definition) is 2. The van der Waals surface area contributed by atoms with E-state index in [0.717, 1.165) is 4.47 Å². The van der Waals surface area contributed by atoms with Gasteiger partial charge in [-0.1, -0.05) is 0 Å². The molecule has 0 aromatic carbocycles. The fraction of sp³-hybridized carbons (Fsp3) is 0.667. The van der Waals surface area contributed by atoms with Crippen LogP contribution in [0.5, 0.6) is 0 Å². The van der Waals surface area contributed by atoms with E-state index < -0.39 is 18.1 Å². The molecule has 0 saturated carbocycles. The second-order valence-corrected chi connectivity index (χ2v) is 5.87. The van der Waals surface area contributed by atoms with Gasteiger partial charge in [-0.05, 0) is 35.7 Å². The Balaban J connectivity index is 1.95. The summed E-state index contributed by atoms with van der Waals surface area (Å²) in [6.45, 7) is 1.99. The van der Waals surface area contributed by atoms with Gasteiger partial charge in [0.25, 0.3) is 0 Å². The van der Waals surface area contributed by atoms with E-state index in [1.54, 1.807) is 19.3 Å². The van der Waals surface area contributed by atoms with Crippen LogP contribution < -0.4 is 0 Å². The number of aromatic nitrogens is 2. The zero-order valence-corrected chi connectivity index (χ0v) is 12.5. The van der Waals surface area contributed by atoms with Crippen molar-refractivity contribution >= 4 is 21.8 Å². The summed E-state index contributed by atoms with van der Waals surface area (Å²) in [5, 5.41) is 4.03. The zero-order chi connectivity index (χ0) is 14.9. The van der Waals surface area contributed by atoms with Crippen LogP contribution in [0.3, 0.4) is 0 Å². The Kier molecular flexibility index (Phi) is 4.41. The van der Waals surface area contributed by atoms with Crippen molar-refractivity contribution in [2.75, 3.05) is 13.1 Å². The summed E-state index contributed by atoms with van der Waals surface area (Å²) in [5.41, 5.74) is 0. The Hall–Kier alpha value is -1.05. The number of likely N-dealkylation sites (tertiary alicyclic amines) is 1. The minimum absolute atomic E-state index is 0.0231. The lowest BCUT2D eigenvalue weighted by Gasteiger charge is -2.34. The minimum Gasteiger partial charge on any atom is -0.341 e. The monoisotopic (exact) mass is 353 g/mol. The maximum Gasteiger partial charge on any atom is 0.391 e. The third-order valence-electron chi connectivity index (χ3n) is 3.59. The zero-order valence-electron chi connectivity index (χ0n) is 10.9. The van der Waals surface area contributed by atoms with Gasteiger partial charge in [-0.3, -0.25) is 9.48 Å². The first-order valence-electron chi connectivity index (χ1n) is 6.34. The second-order valence-electron chi connectivity index (χ2n) is 4.96. The average Bonchev–Trinajstić information content (AvgIpc) is 2.83. The highest BCUT2D eigenvalue weighted by molar-refractivity contribution is 9.10. The second kappa shape index (κ2) is 5.75. The molecule has 1 fully saturated rings. The molecule has 0 aliphatic carbocycles. The topological polar surface area (TPSA) is 38.1 Å². The number of halogens is 4. The van der Waals surface area contributed by atoms with Crippen molar-refractivity contribution in [3.63, 3.8) is 0 Å². The summed E-state index contributed by atoms with van der Waals surface area (Å²) in [4.78, 5) is 13.7. The molecule has 1 aromatic rings. The molecular weight excluding hydrogens is 339 g/mol. The van der Waals surface area contributed by atoms with E-state index in [-0.39, 0.29) is 31.8 Å². The predicted octanol–water partition coefficient (Wildman–Crippen LogP) is 3.01. The van der Waals surface area contributed by atoms with E-state index in [1.165, 1.54) is 9.58 Å². The molecule has 0 N–H and O–H groups in total. The van der Waals surface area contributed by atoms with Crippen LogP contribution in [0.15, 0.2) is 16.9 Å². The predicted molar refractivity (Wildman–Crippen MR) is 70.0 cm³/mol. The van der Waals surface area contributed by atoms with E-state index in [2.05, 4.69) is 21.0 Å². The standard InChI is InChI=1S/C12H15BrF3N3O/c1-8(19-7-10(13)6-17-19)11(20)18-4-2-9(3-5-18)12(14,15)16/h6-9H,2-5H2,1H3. The molecule has 20 heavy (non-hydrogen) atoms. The molecule has 1 atom stereocenters. The number of rotatable bonds is 2. The highest BCUT2D eigenvalue weighted by atomic mass is 79.9. The van der Waals surface area contributed by atoms with Gasteiger partial charge in [-0.15, -0.1) is 0 Å². The number of carbonyl (C=O) groups excluding carboxylic acids is 1. The largest absolute Gasteiger partial charge is 0.391 e. The highest BCUT2D eigenvalue weighted by Crippen LogP contribution is 2.34. The maximum absolute atomic E-state index is 12.6. The average molecular weight is 354 g/mol. The first-order valence-corrected chi connectivity index (χ1v) is 7.13.